The highest BCUT2D eigenvalue weighted by atomic mass is 16.2. The molecular weight excluding hydrogens is 264 g/mol. The molecule has 1 amide bonds. The number of aryl methyl sites for hydroxylation is 2. The van der Waals surface area contributed by atoms with Crippen LogP contribution in [-0.2, 0) is 19.3 Å². The molecule has 21 heavy (non-hydrogen) atoms. The monoisotopic (exact) mass is 282 g/mol. The Kier molecular flexibility index (Phi) is 3.81. The lowest BCUT2D eigenvalue weighted by Gasteiger charge is -1.99. The molecule has 1 aliphatic rings. The van der Waals surface area contributed by atoms with E-state index in [9.17, 15) is 4.79 Å². The number of hydrogen-bond donors (Lipinski definition) is 2. The second-order valence-electron chi connectivity index (χ2n) is 5.18. The highest BCUT2D eigenvalue weighted by molar-refractivity contribution is 5.94. The predicted molar refractivity (Wildman–Crippen MR) is 81.5 cm³/mol. The van der Waals surface area contributed by atoms with Crippen LogP contribution in [0.15, 0.2) is 29.4 Å². The van der Waals surface area contributed by atoms with Crippen molar-refractivity contribution in [2.24, 2.45) is 5.10 Å². The summed E-state index contributed by atoms with van der Waals surface area (Å²) in [6.45, 7) is 2.12. The zero-order chi connectivity index (χ0) is 14.7. The van der Waals surface area contributed by atoms with E-state index in [0.717, 1.165) is 42.5 Å². The molecule has 0 saturated heterocycles. The molecule has 0 bridgehead atoms. The van der Waals surface area contributed by atoms with Crippen molar-refractivity contribution in [3.63, 3.8) is 0 Å². The van der Waals surface area contributed by atoms with Crippen LogP contribution in [0.4, 0.5) is 0 Å². The predicted octanol–water partition coefficient (Wildman–Crippen LogP) is 2.22. The highest BCUT2D eigenvalue weighted by Crippen LogP contribution is 2.22. The first kappa shape index (κ1) is 13.5. The zero-order valence-electron chi connectivity index (χ0n) is 12.0. The van der Waals surface area contributed by atoms with Crippen molar-refractivity contribution < 1.29 is 4.79 Å². The van der Waals surface area contributed by atoms with Crippen LogP contribution in [0.2, 0.25) is 0 Å². The molecule has 0 atom stereocenters. The van der Waals surface area contributed by atoms with Gasteiger partial charge in [0.25, 0.3) is 5.91 Å². The van der Waals surface area contributed by atoms with Crippen molar-refractivity contribution in [3.05, 3.63) is 52.3 Å². The Bertz CT molecular complexity index is 670. The summed E-state index contributed by atoms with van der Waals surface area (Å²) < 4.78 is 0. The number of rotatable bonds is 4. The van der Waals surface area contributed by atoms with E-state index in [-0.39, 0.29) is 5.91 Å². The number of nitrogens with zero attached hydrogens (tertiary/aromatic N) is 2. The smallest absolute Gasteiger partial charge is 0.281 e. The Hall–Kier alpha value is -2.43. The summed E-state index contributed by atoms with van der Waals surface area (Å²) in [5.74, 6) is -0.254. The molecule has 0 radical (unpaired) electrons. The minimum absolute atomic E-state index is 0.254. The third kappa shape index (κ3) is 2.86. The average Bonchev–Trinajstić information content (AvgIpc) is 3.10. The fourth-order valence-corrected chi connectivity index (χ4v) is 2.56. The lowest BCUT2D eigenvalue weighted by atomic mass is 10.1. The van der Waals surface area contributed by atoms with Gasteiger partial charge in [-0.25, -0.2) is 5.43 Å². The summed E-state index contributed by atoms with van der Waals surface area (Å²) in [6.07, 6.45) is 5.62. The average molecular weight is 282 g/mol. The van der Waals surface area contributed by atoms with Gasteiger partial charge in [0.2, 0.25) is 0 Å². The van der Waals surface area contributed by atoms with E-state index in [1.807, 2.05) is 12.1 Å². The molecule has 1 aromatic carbocycles. The van der Waals surface area contributed by atoms with Gasteiger partial charge in [-0.2, -0.15) is 10.2 Å². The Balaban J connectivity index is 1.63. The van der Waals surface area contributed by atoms with Crippen LogP contribution in [0.5, 0.6) is 0 Å². The van der Waals surface area contributed by atoms with Crippen LogP contribution < -0.4 is 5.43 Å². The molecule has 0 spiro atoms. The number of nitrogens with one attached hydrogen (secondary N) is 2. The van der Waals surface area contributed by atoms with Gasteiger partial charge in [0.15, 0.2) is 5.69 Å². The molecule has 0 fully saturated rings. The lowest BCUT2D eigenvalue weighted by molar-refractivity contribution is 0.0949. The van der Waals surface area contributed by atoms with Gasteiger partial charge < -0.3 is 0 Å². The first-order chi connectivity index (χ1) is 10.3. The van der Waals surface area contributed by atoms with Crippen LogP contribution in [0.3, 0.4) is 0 Å². The first-order valence-electron chi connectivity index (χ1n) is 7.26. The molecule has 0 unspecified atom stereocenters. The van der Waals surface area contributed by atoms with Crippen molar-refractivity contribution in [2.45, 2.75) is 32.6 Å². The molecule has 108 valence electrons. The van der Waals surface area contributed by atoms with E-state index in [1.165, 1.54) is 5.56 Å². The molecule has 2 N–H and O–H groups in total. The molecule has 1 aromatic heterocycles. The standard InChI is InChI=1S/C16H18N4O/c1-2-11-6-8-12(9-7-11)10-17-20-16(21)15-13-4-3-5-14(13)18-19-15/h6-10H,2-5H2,1H3,(H,18,19)(H,20,21). The van der Waals surface area contributed by atoms with Crippen LogP contribution in [0.25, 0.3) is 0 Å². The van der Waals surface area contributed by atoms with E-state index in [0.29, 0.717) is 5.69 Å². The normalized spacial score (nSPS) is 13.6. The molecule has 2 aromatic rings. The molecule has 5 nitrogen and oxygen atoms in total. The van der Waals surface area contributed by atoms with Gasteiger partial charge in [0, 0.05) is 11.3 Å². The highest BCUT2D eigenvalue weighted by Gasteiger charge is 2.22. The maximum absolute atomic E-state index is 12.0. The maximum atomic E-state index is 12.0. The molecule has 0 saturated carbocycles. The minimum Gasteiger partial charge on any atom is -0.281 e. The van der Waals surface area contributed by atoms with Crippen molar-refractivity contribution in [3.8, 4) is 0 Å². The molecule has 5 heteroatoms. The SMILES string of the molecule is CCc1ccc(C=NNC(=O)c2n[nH]c3c2CCC3)cc1. The molecule has 0 aliphatic heterocycles. The van der Waals surface area contributed by atoms with E-state index >= 15 is 0 Å². The fourth-order valence-electron chi connectivity index (χ4n) is 2.56. The van der Waals surface area contributed by atoms with E-state index in [2.05, 4.69) is 39.8 Å². The number of benzene rings is 1. The van der Waals surface area contributed by atoms with Crippen LogP contribution >= 0.6 is 0 Å². The zero-order valence-corrected chi connectivity index (χ0v) is 12.0. The number of carbonyl (C=O) groups is 1. The Labute approximate surface area is 123 Å². The van der Waals surface area contributed by atoms with Crippen molar-refractivity contribution in [2.75, 3.05) is 0 Å². The number of hydrogen-bond acceptors (Lipinski definition) is 3. The van der Waals surface area contributed by atoms with Crippen molar-refractivity contribution in [1.82, 2.24) is 15.6 Å². The largest absolute Gasteiger partial charge is 0.292 e. The van der Waals surface area contributed by atoms with Gasteiger partial charge in [-0.05, 0) is 36.8 Å². The Morgan fingerprint density at radius 3 is 2.95 bits per heavy atom. The molecule has 1 aliphatic carbocycles. The van der Waals surface area contributed by atoms with E-state index in [1.54, 1.807) is 6.21 Å². The minimum atomic E-state index is -0.254. The third-order valence-electron chi connectivity index (χ3n) is 3.79. The van der Waals surface area contributed by atoms with Gasteiger partial charge in [-0.15, -0.1) is 0 Å². The molecule has 3 rings (SSSR count). The molecular formula is C16H18N4O. The number of aromatic nitrogens is 2. The number of H-pyrrole nitrogens is 1. The number of hydrazone groups is 1. The van der Waals surface area contributed by atoms with E-state index in [4.69, 9.17) is 0 Å². The van der Waals surface area contributed by atoms with Crippen molar-refractivity contribution >= 4 is 12.1 Å². The summed E-state index contributed by atoms with van der Waals surface area (Å²) in [5.41, 5.74) is 7.37. The van der Waals surface area contributed by atoms with Gasteiger partial charge in [-0.3, -0.25) is 9.89 Å². The Morgan fingerprint density at radius 2 is 2.19 bits per heavy atom. The second-order valence-corrected chi connectivity index (χ2v) is 5.18. The van der Waals surface area contributed by atoms with Gasteiger partial charge in [0.05, 0.1) is 6.21 Å². The van der Waals surface area contributed by atoms with Crippen LogP contribution in [-0.4, -0.2) is 22.3 Å². The van der Waals surface area contributed by atoms with Gasteiger partial charge >= 0.3 is 0 Å². The third-order valence-corrected chi connectivity index (χ3v) is 3.79. The topological polar surface area (TPSA) is 70.1 Å². The number of fused-ring (bicyclic) bond motifs is 1. The number of aromatic amines is 1. The number of carbonyl (C=O) groups excluding carboxylic acids is 1. The lowest BCUT2D eigenvalue weighted by Crippen LogP contribution is -2.19. The van der Waals surface area contributed by atoms with Crippen LogP contribution in [0, 0.1) is 0 Å². The van der Waals surface area contributed by atoms with Crippen molar-refractivity contribution in [1.29, 1.82) is 0 Å². The quantitative estimate of drug-likeness (QED) is 0.667. The summed E-state index contributed by atoms with van der Waals surface area (Å²) in [6, 6.07) is 8.09. The summed E-state index contributed by atoms with van der Waals surface area (Å²) in [4.78, 5) is 12.0. The maximum Gasteiger partial charge on any atom is 0.292 e. The van der Waals surface area contributed by atoms with Gasteiger partial charge in [0.1, 0.15) is 0 Å². The van der Waals surface area contributed by atoms with E-state index < -0.39 is 0 Å². The second kappa shape index (κ2) is 5.91. The first-order valence-corrected chi connectivity index (χ1v) is 7.26. The molecule has 1 heterocycles. The fraction of sp³-hybridized carbons (Fsp3) is 0.312. The Morgan fingerprint density at radius 1 is 1.38 bits per heavy atom. The summed E-state index contributed by atoms with van der Waals surface area (Å²) in [5, 5.41) is 11.0. The number of amides is 1. The summed E-state index contributed by atoms with van der Waals surface area (Å²) >= 11 is 0. The summed E-state index contributed by atoms with van der Waals surface area (Å²) in [7, 11) is 0. The van der Waals surface area contributed by atoms with Gasteiger partial charge in [-0.1, -0.05) is 31.2 Å². The van der Waals surface area contributed by atoms with Crippen LogP contribution in [0.1, 0.15) is 46.2 Å².